The van der Waals surface area contributed by atoms with Crippen LogP contribution in [0.3, 0.4) is 0 Å². The van der Waals surface area contributed by atoms with Crippen molar-refractivity contribution in [1.29, 1.82) is 0 Å². The number of amides is 1. The summed E-state index contributed by atoms with van der Waals surface area (Å²) in [5.41, 5.74) is 5.38. The van der Waals surface area contributed by atoms with Gasteiger partial charge < -0.3 is 9.64 Å². The van der Waals surface area contributed by atoms with Gasteiger partial charge in [0.15, 0.2) is 0 Å². The van der Waals surface area contributed by atoms with Gasteiger partial charge in [-0.3, -0.25) is 24.5 Å². The number of H-pyrrole nitrogens is 1. The summed E-state index contributed by atoms with van der Waals surface area (Å²) >= 11 is 0. The van der Waals surface area contributed by atoms with Crippen molar-refractivity contribution in [1.82, 2.24) is 34.8 Å². The molecule has 1 amide bonds. The zero-order valence-electron chi connectivity index (χ0n) is 19.8. The second kappa shape index (κ2) is 8.15. The van der Waals surface area contributed by atoms with Crippen molar-refractivity contribution >= 4 is 27.8 Å². The summed E-state index contributed by atoms with van der Waals surface area (Å²) in [5.74, 6) is 1.32. The van der Waals surface area contributed by atoms with Gasteiger partial charge in [0.05, 0.1) is 28.8 Å². The van der Waals surface area contributed by atoms with Crippen LogP contribution in [0.2, 0.25) is 0 Å². The molecule has 1 aliphatic heterocycles. The van der Waals surface area contributed by atoms with Crippen LogP contribution >= 0.6 is 0 Å². The van der Waals surface area contributed by atoms with Crippen LogP contribution in [0, 0.1) is 5.92 Å². The molecule has 1 saturated heterocycles. The van der Waals surface area contributed by atoms with Gasteiger partial charge in [-0.2, -0.15) is 10.2 Å². The van der Waals surface area contributed by atoms with E-state index in [1.807, 2.05) is 65.3 Å². The molecular formula is C27H25N7O2. The Morgan fingerprint density at radius 3 is 2.86 bits per heavy atom. The number of hydrogen-bond acceptors (Lipinski definition) is 6. The smallest absolute Gasteiger partial charge is 0.225 e. The maximum atomic E-state index is 12.2. The number of carbonyl (C=O) groups is 1. The van der Waals surface area contributed by atoms with E-state index in [0.29, 0.717) is 5.91 Å². The van der Waals surface area contributed by atoms with E-state index in [2.05, 4.69) is 25.3 Å². The molecule has 7 rings (SSSR count). The lowest BCUT2D eigenvalue weighted by Gasteiger charge is -2.39. The Hall–Kier alpha value is -4.27. The topological polar surface area (TPSA) is 102 Å². The van der Waals surface area contributed by atoms with Gasteiger partial charge in [0.2, 0.25) is 5.91 Å². The lowest BCUT2D eigenvalue weighted by Crippen LogP contribution is -2.51. The lowest BCUT2D eigenvalue weighted by molar-refractivity contribution is -0.138. The van der Waals surface area contributed by atoms with Crippen molar-refractivity contribution in [3.05, 3.63) is 66.7 Å². The van der Waals surface area contributed by atoms with E-state index in [4.69, 9.17) is 4.74 Å². The van der Waals surface area contributed by atoms with Gasteiger partial charge in [-0.25, -0.2) is 0 Å². The van der Waals surface area contributed by atoms with E-state index in [9.17, 15) is 4.79 Å². The van der Waals surface area contributed by atoms with E-state index in [1.165, 1.54) is 0 Å². The first-order valence-corrected chi connectivity index (χ1v) is 12.3. The van der Waals surface area contributed by atoms with E-state index in [-0.39, 0.29) is 18.1 Å². The number of para-hydroxylation sites is 1. The first-order valence-electron chi connectivity index (χ1n) is 12.3. The van der Waals surface area contributed by atoms with Crippen LogP contribution in [0.5, 0.6) is 5.75 Å². The molecule has 4 heterocycles. The molecule has 180 valence electrons. The Morgan fingerprint density at radius 1 is 1.14 bits per heavy atom. The predicted octanol–water partition coefficient (Wildman–Crippen LogP) is 4.30. The van der Waals surface area contributed by atoms with Gasteiger partial charge in [0.25, 0.3) is 0 Å². The molecule has 9 nitrogen and oxygen atoms in total. The van der Waals surface area contributed by atoms with Gasteiger partial charge in [-0.1, -0.05) is 12.1 Å². The number of fused-ring (bicyclic) bond motifs is 2. The summed E-state index contributed by atoms with van der Waals surface area (Å²) < 4.78 is 8.29. The standard InChI is InChI=1S/C27H25N7O2/c1-16(21-3-2-4-24-26(21)29-10-9-28-24)36-20-7-8-23-22(11-20)25(32-31-23)18-12-30-34(13-18)19-14-33(15-19)27(35)17-5-6-17/h2-4,7-13,16-17,19H,5-6,14-15H2,1H3,(H,31,32). The lowest BCUT2D eigenvalue weighted by atomic mass is 10.1. The van der Waals surface area contributed by atoms with Crippen molar-refractivity contribution in [3.8, 4) is 17.0 Å². The Labute approximate surface area is 207 Å². The first-order chi connectivity index (χ1) is 17.6. The highest BCUT2D eigenvalue weighted by Crippen LogP contribution is 2.35. The van der Waals surface area contributed by atoms with Crippen LogP contribution in [-0.2, 0) is 4.79 Å². The van der Waals surface area contributed by atoms with Crippen LogP contribution in [0.15, 0.2) is 61.2 Å². The fourth-order valence-corrected chi connectivity index (χ4v) is 4.95. The third kappa shape index (κ3) is 3.59. The number of aromatic nitrogens is 6. The molecule has 1 aliphatic carbocycles. The second-order valence-electron chi connectivity index (χ2n) is 9.69. The molecule has 1 N–H and O–H groups in total. The van der Waals surface area contributed by atoms with Gasteiger partial charge in [-0.15, -0.1) is 0 Å². The van der Waals surface area contributed by atoms with E-state index >= 15 is 0 Å². The first kappa shape index (κ1) is 21.0. The number of ether oxygens (including phenoxy) is 1. The molecule has 0 radical (unpaired) electrons. The Balaban J connectivity index is 1.12. The van der Waals surface area contributed by atoms with E-state index in [0.717, 1.165) is 70.4 Å². The molecule has 36 heavy (non-hydrogen) atoms. The van der Waals surface area contributed by atoms with Crippen LogP contribution in [0.1, 0.15) is 37.5 Å². The average molecular weight is 480 g/mol. The van der Waals surface area contributed by atoms with Crippen molar-refractivity contribution < 1.29 is 9.53 Å². The Kier molecular flexibility index (Phi) is 4.77. The maximum absolute atomic E-state index is 12.2. The molecule has 1 unspecified atom stereocenters. The fraction of sp³-hybridized carbons (Fsp3) is 0.296. The maximum Gasteiger partial charge on any atom is 0.225 e. The highest BCUT2D eigenvalue weighted by Gasteiger charge is 2.40. The number of carbonyl (C=O) groups excluding carboxylic acids is 1. The van der Waals surface area contributed by atoms with Gasteiger partial charge in [0, 0.05) is 54.1 Å². The monoisotopic (exact) mass is 479 g/mol. The zero-order valence-corrected chi connectivity index (χ0v) is 19.8. The third-order valence-electron chi connectivity index (χ3n) is 7.16. The zero-order chi connectivity index (χ0) is 24.2. The van der Waals surface area contributed by atoms with Gasteiger partial charge in [-0.05, 0) is 44.0 Å². The molecule has 2 fully saturated rings. The third-order valence-corrected chi connectivity index (χ3v) is 7.16. The average Bonchev–Trinajstić information content (AvgIpc) is 3.48. The SMILES string of the molecule is CC(Oc1ccc2[nH]nc(-c3cnn(C4CN(C(=O)C5CC5)C4)c3)c2c1)c1cccc2nccnc12. The molecule has 2 aromatic carbocycles. The molecular weight excluding hydrogens is 454 g/mol. The second-order valence-corrected chi connectivity index (χ2v) is 9.69. The Morgan fingerprint density at radius 2 is 2.00 bits per heavy atom. The number of benzene rings is 2. The minimum absolute atomic E-state index is 0.208. The van der Waals surface area contributed by atoms with Crippen molar-refractivity contribution in [3.63, 3.8) is 0 Å². The van der Waals surface area contributed by atoms with Crippen LogP contribution in [-0.4, -0.2) is 53.8 Å². The highest BCUT2D eigenvalue weighted by molar-refractivity contribution is 5.93. The quantitative estimate of drug-likeness (QED) is 0.390. The molecule has 2 aliphatic rings. The van der Waals surface area contributed by atoms with Crippen LogP contribution < -0.4 is 4.74 Å². The van der Waals surface area contributed by atoms with Gasteiger partial charge in [0.1, 0.15) is 17.5 Å². The van der Waals surface area contributed by atoms with Gasteiger partial charge >= 0.3 is 0 Å². The molecule has 0 bridgehead atoms. The summed E-state index contributed by atoms with van der Waals surface area (Å²) in [6, 6.07) is 12.1. The number of likely N-dealkylation sites (tertiary alicyclic amines) is 1. The fourth-order valence-electron chi connectivity index (χ4n) is 4.95. The molecule has 3 aromatic heterocycles. The molecule has 0 spiro atoms. The minimum Gasteiger partial charge on any atom is -0.486 e. The Bertz CT molecular complexity index is 1590. The largest absolute Gasteiger partial charge is 0.486 e. The number of hydrogen-bond donors (Lipinski definition) is 1. The summed E-state index contributed by atoms with van der Waals surface area (Å²) in [5, 5.41) is 13.2. The molecule has 5 aromatic rings. The molecule has 9 heteroatoms. The molecule has 1 atom stereocenters. The summed E-state index contributed by atoms with van der Waals surface area (Å²) in [6.45, 7) is 3.47. The highest BCUT2D eigenvalue weighted by atomic mass is 16.5. The van der Waals surface area contributed by atoms with E-state index in [1.54, 1.807) is 12.4 Å². The van der Waals surface area contributed by atoms with E-state index < -0.39 is 0 Å². The van der Waals surface area contributed by atoms with Crippen molar-refractivity contribution in [2.45, 2.75) is 31.9 Å². The summed E-state index contributed by atoms with van der Waals surface area (Å²) in [4.78, 5) is 23.1. The van der Waals surface area contributed by atoms with Crippen molar-refractivity contribution in [2.24, 2.45) is 5.92 Å². The summed E-state index contributed by atoms with van der Waals surface area (Å²) in [6.07, 6.45) is 9.13. The number of nitrogens with zero attached hydrogens (tertiary/aromatic N) is 6. The molecule has 1 saturated carbocycles. The van der Waals surface area contributed by atoms with Crippen molar-refractivity contribution in [2.75, 3.05) is 13.1 Å². The minimum atomic E-state index is -0.208. The normalized spacial score (nSPS) is 16.9. The van der Waals surface area contributed by atoms with Crippen LogP contribution in [0.25, 0.3) is 33.2 Å². The van der Waals surface area contributed by atoms with Crippen LogP contribution in [0.4, 0.5) is 0 Å². The predicted molar refractivity (Wildman–Crippen MR) is 134 cm³/mol. The number of rotatable bonds is 6. The number of aromatic amines is 1. The number of nitrogens with one attached hydrogen (secondary N) is 1. The summed E-state index contributed by atoms with van der Waals surface area (Å²) in [7, 11) is 0.